The van der Waals surface area contributed by atoms with Crippen LogP contribution in [0.15, 0.2) is 73.6 Å². The highest BCUT2D eigenvalue weighted by Gasteiger charge is 2.20. The topological polar surface area (TPSA) is 140 Å². The molecule has 0 saturated carbocycles. The second kappa shape index (κ2) is 10.5. The third-order valence-corrected chi connectivity index (χ3v) is 7.91. The Labute approximate surface area is 241 Å². The van der Waals surface area contributed by atoms with Crippen LogP contribution in [0, 0.1) is 20.8 Å². The van der Waals surface area contributed by atoms with Gasteiger partial charge in [0.05, 0.1) is 55.3 Å². The van der Waals surface area contributed by atoms with Gasteiger partial charge in [-0.3, -0.25) is 0 Å². The number of hydrogen-bond donors (Lipinski definition) is 3. The van der Waals surface area contributed by atoms with Crippen molar-refractivity contribution in [1.82, 2.24) is 59.9 Å². The van der Waals surface area contributed by atoms with Gasteiger partial charge in [0.2, 0.25) is 0 Å². The number of aromatic amines is 3. The summed E-state index contributed by atoms with van der Waals surface area (Å²) in [6, 6.07) is 11.8. The molecule has 12 heteroatoms. The van der Waals surface area contributed by atoms with E-state index in [1.807, 2.05) is 87.6 Å². The first-order valence-electron chi connectivity index (χ1n) is 13.8. The highest BCUT2D eigenvalue weighted by atomic mass is 15.4. The molecule has 1 aromatic carbocycles. The molecule has 7 rings (SSSR count). The summed E-state index contributed by atoms with van der Waals surface area (Å²) in [5, 5.41) is 26.5. The quantitative estimate of drug-likeness (QED) is 0.238. The highest BCUT2D eigenvalue weighted by Crippen LogP contribution is 2.30. The van der Waals surface area contributed by atoms with Crippen LogP contribution in [0.2, 0.25) is 0 Å². The van der Waals surface area contributed by atoms with Crippen LogP contribution in [0.25, 0.3) is 34.2 Å². The van der Waals surface area contributed by atoms with Crippen molar-refractivity contribution in [3.63, 3.8) is 0 Å². The van der Waals surface area contributed by atoms with E-state index >= 15 is 0 Å². The molecule has 0 unspecified atom stereocenters. The average molecular weight is 559 g/mol. The van der Waals surface area contributed by atoms with Crippen molar-refractivity contribution in [3.05, 3.63) is 107 Å². The van der Waals surface area contributed by atoms with Crippen LogP contribution in [0.5, 0.6) is 0 Å². The number of aromatic nitrogens is 12. The third-order valence-electron chi connectivity index (χ3n) is 7.91. The smallest absolute Gasteiger partial charge is 0.129 e. The maximum absolute atomic E-state index is 4.45. The van der Waals surface area contributed by atoms with Gasteiger partial charge in [-0.05, 0) is 90.6 Å². The average Bonchev–Trinajstić information content (AvgIpc) is 3.84. The Morgan fingerprint density at radius 1 is 0.500 bits per heavy atom. The van der Waals surface area contributed by atoms with Gasteiger partial charge in [0.25, 0.3) is 0 Å². The van der Waals surface area contributed by atoms with Gasteiger partial charge < -0.3 is 15.0 Å². The largest absolute Gasteiger partial charge is 0.360 e. The Bertz CT molecular complexity index is 1690. The fraction of sp³-hybridized carbons (Fsp3) is 0.200. The molecule has 0 aliphatic rings. The minimum Gasteiger partial charge on any atom is -0.360 e. The molecule has 6 heterocycles. The molecule has 0 aliphatic carbocycles. The molecule has 0 aliphatic heterocycles. The Morgan fingerprint density at radius 3 is 1.07 bits per heavy atom. The van der Waals surface area contributed by atoms with Crippen molar-refractivity contribution in [2.45, 2.75) is 40.4 Å². The summed E-state index contributed by atoms with van der Waals surface area (Å²) in [6.07, 6.45) is 11.6. The third kappa shape index (κ3) is 4.72. The van der Waals surface area contributed by atoms with Crippen LogP contribution in [-0.2, 0) is 19.6 Å². The molecule has 0 amide bonds. The zero-order valence-electron chi connectivity index (χ0n) is 23.6. The molecular formula is C30H30N12. The van der Waals surface area contributed by atoms with Crippen LogP contribution in [0.4, 0.5) is 0 Å². The van der Waals surface area contributed by atoms with Gasteiger partial charge in [0.15, 0.2) is 0 Å². The lowest BCUT2D eigenvalue weighted by Gasteiger charge is -2.22. The molecule has 0 radical (unpaired) electrons. The van der Waals surface area contributed by atoms with Crippen molar-refractivity contribution in [2.24, 2.45) is 0 Å². The van der Waals surface area contributed by atoms with Gasteiger partial charge in [-0.25, -0.2) is 14.0 Å². The van der Waals surface area contributed by atoms with Crippen molar-refractivity contribution >= 4 is 0 Å². The first-order chi connectivity index (χ1) is 20.5. The van der Waals surface area contributed by atoms with Gasteiger partial charge in [-0.1, -0.05) is 15.6 Å². The summed E-state index contributed by atoms with van der Waals surface area (Å²) in [5.41, 5.74) is 12.4. The van der Waals surface area contributed by atoms with Gasteiger partial charge in [-0.15, -0.1) is 15.3 Å². The van der Waals surface area contributed by atoms with Crippen LogP contribution < -0.4 is 0 Å². The van der Waals surface area contributed by atoms with Crippen molar-refractivity contribution in [3.8, 4) is 34.2 Å². The van der Waals surface area contributed by atoms with E-state index in [1.165, 1.54) is 33.4 Å². The SMILES string of the molecule is Cc1c(Cn2cc(-c3ccc[nH]3)nn2)c(C)c(Cn2cc(-c3ccc[nH]3)nn2)c(C)c1Cn1cc(-c2ccc[nH]2)nn1. The van der Waals surface area contributed by atoms with E-state index in [0.29, 0.717) is 19.6 Å². The van der Waals surface area contributed by atoms with Crippen LogP contribution in [0.1, 0.15) is 33.4 Å². The van der Waals surface area contributed by atoms with Crippen molar-refractivity contribution in [1.29, 1.82) is 0 Å². The lowest BCUT2D eigenvalue weighted by Crippen LogP contribution is -2.15. The van der Waals surface area contributed by atoms with Gasteiger partial charge in [0.1, 0.15) is 17.1 Å². The number of benzene rings is 1. The second-order valence-electron chi connectivity index (χ2n) is 10.5. The van der Waals surface area contributed by atoms with E-state index < -0.39 is 0 Å². The van der Waals surface area contributed by atoms with Crippen LogP contribution in [-0.4, -0.2) is 59.9 Å². The van der Waals surface area contributed by atoms with Crippen LogP contribution >= 0.6 is 0 Å². The number of H-pyrrole nitrogens is 3. The molecule has 0 bridgehead atoms. The van der Waals surface area contributed by atoms with Crippen LogP contribution in [0.3, 0.4) is 0 Å². The Kier molecular flexibility index (Phi) is 6.34. The molecule has 42 heavy (non-hydrogen) atoms. The van der Waals surface area contributed by atoms with E-state index in [2.05, 4.69) is 66.7 Å². The molecule has 0 atom stereocenters. The fourth-order valence-corrected chi connectivity index (χ4v) is 5.55. The molecule has 6 aromatic heterocycles. The monoisotopic (exact) mass is 558 g/mol. The fourth-order valence-electron chi connectivity index (χ4n) is 5.55. The summed E-state index contributed by atoms with van der Waals surface area (Å²) >= 11 is 0. The van der Waals surface area contributed by atoms with Gasteiger partial charge in [-0.2, -0.15) is 0 Å². The molecule has 0 fully saturated rings. The lowest BCUT2D eigenvalue weighted by molar-refractivity contribution is 0.618. The van der Waals surface area contributed by atoms with Crippen molar-refractivity contribution in [2.75, 3.05) is 0 Å². The van der Waals surface area contributed by atoms with E-state index in [4.69, 9.17) is 0 Å². The predicted octanol–water partition coefficient (Wildman–Crippen LogP) is 4.52. The number of hydrogen-bond acceptors (Lipinski definition) is 6. The standard InChI is InChI=1S/C30H30N12/c1-19-22(13-40-16-28(34-37-40)25-7-4-10-31-25)20(2)24(15-42-18-30(36-39-42)27-9-6-12-33-27)21(3)23(19)14-41-17-29(35-38-41)26-8-5-11-32-26/h4-12,16-18,31-33H,13-15H2,1-3H3. The minimum absolute atomic E-state index is 0.585. The van der Waals surface area contributed by atoms with E-state index in [1.54, 1.807) is 0 Å². The molecule has 0 saturated heterocycles. The number of rotatable bonds is 9. The summed E-state index contributed by atoms with van der Waals surface area (Å²) < 4.78 is 5.68. The predicted molar refractivity (Wildman–Crippen MR) is 157 cm³/mol. The van der Waals surface area contributed by atoms with E-state index in [0.717, 1.165) is 34.2 Å². The zero-order chi connectivity index (χ0) is 28.6. The Balaban J connectivity index is 1.27. The first kappa shape index (κ1) is 25.4. The normalized spacial score (nSPS) is 11.5. The Morgan fingerprint density at radius 2 is 0.810 bits per heavy atom. The summed E-state index contributed by atoms with van der Waals surface area (Å²) in [7, 11) is 0. The van der Waals surface area contributed by atoms with Gasteiger partial charge in [0, 0.05) is 18.6 Å². The molecule has 210 valence electrons. The van der Waals surface area contributed by atoms with E-state index in [-0.39, 0.29) is 0 Å². The van der Waals surface area contributed by atoms with Crippen molar-refractivity contribution < 1.29 is 0 Å². The maximum atomic E-state index is 4.45. The summed E-state index contributed by atoms with van der Waals surface area (Å²) in [4.78, 5) is 9.62. The number of nitrogens with zero attached hydrogens (tertiary/aromatic N) is 9. The molecule has 3 N–H and O–H groups in total. The van der Waals surface area contributed by atoms with Gasteiger partial charge >= 0.3 is 0 Å². The molecular weight excluding hydrogens is 528 g/mol. The minimum atomic E-state index is 0.585. The molecule has 7 aromatic rings. The molecule has 12 nitrogen and oxygen atoms in total. The van der Waals surface area contributed by atoms with E-state index in [9.17, 15) is 0 Å². The lowest BCUT2D eigenvalue weighted by atomic mass is 9.88. The Hall–Kier alpha value is -5.52. The zero-order valence-corrected chi connectivity index (χ0v) is 23.6. The number of nitrogens with one attached hydrogen (secondary N) is 3. The first-order valence-corrected chi connectivity index (χ1v) is 13.8. The summed E-state index contributed by atoms with van der Waals surface area (Å²) in [6.45, 7) is 8.29. The second-order valence-corrected chi connectivity index (χ2v) is 10.5. The maximum Gasteiger partial charge on any atom is 0.129 e. The summed E-state index contributed by atoms with van der Waals surface area (Å²) in [5.74, 6) is 0. The highest BCUT2D eigenvalue weighted by molar-refractivity contribution is 5.55. The molecule has 0 spiro atoms.